The summed E-state index contributed by atoms with van der Waals surface area (Å²) in [7, 11) is -3.68. The molecule has 1 rings (SSSR count). The normalized spacial score (nSPS) is 10.5. The molecule has 74 valence electrons. The second-order valence-electron chi connectivity index (χ2n) is 2.54. The number of nitriles is 1. The van der Waals surface area contributed by atoms with Crippen LogP contribution in [0.2, 0.25) is 0 Å². The summed E-state index contributed by atoms with van der Waals surface area (Å²) in [6.07, 6.45) is 0. The van der Waals surface area contributed by atoms with Crippen LogP contribution in [0.3, 0.4) is 0 Å². The zero-order valence-corrected chi connectivity index (χ0v) is 7.95. The third-order valence-corrected chi connectivity index (χ3v) is 2.46. The number of sulfonamides is 1. The third kappa shape index (κ3) is 2.64. The number of phenolic OH excluding ortho intramolecular Hbond substituents is 1. The van der Waals surface area contributed by atoms with Crippen molar-refractivity contribution < 1.29 is 13.5 Å². The van der Waals surface area contributed by atoms with Gasteiger partial charge in [0.15, 0.2) is 5.75 Å². The molecule has 0 amide bonds. The predicted octanol–water partition coefficient (Wildman–Crippen LogP) is 0.657. The highest BCUT2D eigenvalue weighted by atomic mass is 32.2. The average molecular weight is 212 g/mol. The van der Waals surface area contributed by atoms with E-state index in [1.807, 2.05) is 0 Å². The fourth-order valence-corrected chi connectivity index (χ4v) is 1.60. The van der Waals surface area contributed by atoms with Crippen molar-refractivity contribution in [3.63, 3.8) is 0 Å². The molecule has 0 fully saturated rings. The van der Waals surface area contributed by atoms with Gasteiger partial charge < -0.3 is 5.11 Å². The second-order valence-corrected chi connectivity index (χ2v) is 4.26. The van der Waals surface area contributed by atoms with Gasteiger partial charge in [-0.1, -0.05) is 12.1 Å². The summed E-state index contributed by atoms with van der Waals surface area (Å²) in [5.41, 5.74) is 0.0720. The van der Waals surface area contributed by atoms with Crippen LogP contribution in [0.1, 0.15) is 0 Å². The summed E-state index contributed by atoms with van der Waals surface area (Å²) < 4.78 is 24.3. The number of nitrogens with one attached hydrogen (secondary N) is 1. The zero-order valence-electron chi connectivity index (χ0n) is 7.14. The van der Waals surface area contributed by atoms with Crippen molar-refractivity contribution in [3.8, 4) is 11.8 Å². The van der Waals surface area contributed by atoms with E-state index in [4.69, 9.17) is 5.26 Å². The molecular weight excluding hydrogens is 204 g/mol. The topological polar surface area (TPSA) is 90.2 Å². The van der Waals surface area contributed by atoms with Gasteiger partial charge in [-0.05, 0) is 12.1 Å². The van der Waals surface area contributed by atoms with Crippen LogP contribution in [0.25, 0.3) is 0 Å². The largest absolute Gasteiger partial charge is 0.506 e. The van der Waals surface area contributed by atoms with Crippen LogP contribution in [0.4, 0.5) is 5.69 Å². The Balaban J connectivity index is 2.91. The molecule has 0 saturated carbocycles. The van der Waals surface area contributed by atoms with Gasteiger partial charge in [-0.15, -0.1) is 0 Å². The highest BCUT2D eigenvalue weighted by molar-refractivity contribution is 7.92. The van der Waals surface area contributed by atoms with Gasteiger partial charge in [-0.3, -0.25) is 4.72 Å². The Hall–Kier alpha value is -1.74. The average Bonchev–Trinajstić information content (AvgIpc) is 2.08. The van der Waals surface area contributed by atoms with Gasteiger partial charge in [0.2, 0.25) is 10.0 Å². The highest BCUT2D eigenvalue weighted by Crippen LogP contribution is 2.22. The molecule has 0 atom stereocenters. The van der Waals surface area contributed by atoms with E-state index < -0.39 is 15.8 Å². The van der Waals surface area contributed by atoms with E-state index in [1.54, 1.807) is 12.1 Å². The number of hydrogen-bond acceptors (Lipinski definition) is 4. The molecule has 0 aliphatic carbocycles. The summed E-state index contributed by atoms with van der Waals surface area (Å²) in [5, 5.41) is 17.4. The first-order valence-electron chi connectivity index (χ1n) is 3.70. The maximum Gasteiger partial charge on any atom is 0.246 e. The first-order valence-corrected chi connectivity index (χ1v) is 5.36. The fourth-order valence-electron chi connectivity index (χ4n) is 0.849. The van der Waals surface area contributed by atoms with Crippen molar-refractivity contribution in [1.82, 2.24) is 0 Å². The lowest BCUT2D eigenvalue weighted by atomic mass is 10.3. The number of anilines is 1. The molecule has 0 heterocycles. The second kappa shape index (κ2) is 3.98. The molecule has 0 aromatic heterocycles. The lowest BCUT2D eigenvalue weighted by molar-refractivity contribution is 0.477. The van der Waals surface area contributed by atoms with Crippen LogP contribution in [0.15, 0.2) is 24.3 Å². The first-order chi connectivity index (χ1) is 6.55. The van der Waals surface area contributed by atoms with Gasteiger partial charge >= 0.3 is 0 Å². The van der Waals surface area contributed by atoms with Crippen molar-refractivity contribution >= 4 is 15.7 Å². The smallest absolute Gasteiger partial charge is 0.246 e. The molecule has 1 aromatic carbocycles. The van der Waals surface area contributed by atoms with Crippen molar-refractivity contribution in [2.45, 2.75) is 0 Å². The fraction of sp³-hybridized carbons (Fsp3) is 0.125. The van der Waals surface area contributed by atoms with E-state index in [2.05, 4.69) is 4.72 Å². The highest BCUT2D eigenvalue weighted by Gasteiger charge is 2.11. The van der Waals surface area contributed by atoms with Crippen LogP contribution < -0.4 is 4.72 Å². The molecule has 0 saturated heterocycles. The molecule has 1 aromatic rings. The van der Waals surface area contributed by atoms with Crippen molar-refractivity contribution in [3.05, 3.63) is 24.3 Å². The minimum Gasteiger partial charge on any atom is -0.506 e. The van der Waals surface area contributed by atoms with E-state index in [9.17, 15) is 13.5 Å². The van der Waals surface area contributed by atoms with Crippen LogP contribution in [-0.2, 0) is 10.0 Å². The third-order valence-electron chi connectivity index (χ3n) is 1.42. The Morgan fingerprint density at radius 1 is 1.43 bits per heavy atom. The quantitative estimate of drug-likeness (QED) is 0.720. The maximum atomic E-state index is 11.1. The van der Waals surface area contributed by atoms with Crippen LogP contribution in [-0.4, -0.2) is 19.3 Å². The van der Waals surface area contributed by atoms with E-state index in [1.165, 1.54) is 18.2 Å². The number of aromatic hydroxyl groups is 1. The summed E-state index contributed by atoms with van der Waals surface area (Å²) in [5.74, 6) is -0.810. The van der Waals surface area contributed by atoms with Crippen LogP contribution in [0.5, 0.6) is 5.75 Å². The van der Waals surface area contributed by atoms with E-state index in [-0.39, 0.29) is 11.4 Å². The van der Waals surface area contributed by atoms with Gasteiger partial charge in [-0.2, -0.15) is 5.26 Å². The standard InChI is InChI=1S/C8H8N2O3S/c9-5-6-14(12,13)10-7-3-1-2-4-8(7)11/h1-4,10-11H,6H2. The van der Waals surface area contributed by atoms with Crippen LogP contribution >= 0.6 is 0 Å². The Morgan fingerprint density at radius 2 is 2.07 bits per heavy atom. The minimum absolute atomic E-state index is 0.0720. The minimum atomic E-state index is -3.68. The summed E-state index contributed by atoms with van der Waals surface area (Å²) in [4.78, 5) is 0. The molecule has 5 nitrogen and oxygen atoms in total. The zero-order chi connectivity index (χ0) is 10.6. The lowest BCUT2D eigenvalue weighted by Gasteiger charge is -2.05. The number of phenols is 1. The van der Waals surface area contributed by atoms with Crippen LogP contribution in [0, 0.1) is 11.3 Å². The van der Waals surface area contributed by atoms with Gasteiger partial charge in [-0.25, -0.2) is 8.42 Å². The molecule has 0 unspecified atom stereocenters. The number of rotatable bonds is 3. The first kappa shape index (κ1) is 10.3. The monoisotopic (exact) mass is 212 g/mol. The van der Waals surface area contributed by atoms with Gasteiger partial charge in [0, 0.05) is 0 Å². The molecule has 14 heavy (non-hydrogen) atoms. The van der Waals surface area contributed by atoms with Crippen molar-refractivity contribution in [2.75, 3.05) is 10.5 Å². The molecule has 0 aliphatic rings. The Bertz CT molecular complexity index is 462. The molecule has 0 bridgehead atoms. The SMILES string of the molecule is N#CCS(=O)(=O)Nc1ccccc1O. The Kier molecular flexibility index (Phi) is 2.94. The van der Waals surface area contributed by atoms with E-state index in [0.29, 0.717) is 0 Å². The summed E-state index contributed by atoms with van der Waals surface area (Å²) >= 11 is 0. The Labute approximate surface area is 81.7 Å². The molecule has 0 aliphatic heterocycles. The predicted molar refractivity (Wildman–Crippen MR) is 51.1 cm³/mol. The van der Waals surface area contributed by atoms with Crippen molar-refractivity contribution in [1.29, 1.82) is 5.26 Å². The van der Waals surface area contributed by atoms with Gasteiger partial charge in [0.05, 0.1) is 11.8 Å². The van der Waals surface area contributed by atoms with Crippen molar-refractivity contribution in [2.24, 2.45) is 0 Å². The van der Waals surface area contributed by atoms with E-state index >= 15 is 0 Å². The number of hydrogen-bond donors (Lipinski definition) is 2. The molecule has 0 spiro atoms. The molecule has 2 N–H and O–H groups in total. The number of para-hydroxylation sites is 2. The Morgan fingerprint density at radius 3 is 2.64 bits per heavy atom. The van der Waals surface area contributed by atoms with Gasteiger partial charge in [0.25, 0.3) is 0 Å². The molecule has 6 heteroatoms. The number of benzene rings is 1. The lowest BCUT2D eigenvalue weighted by Crippen LogP contribution is -2.15. The summed E-state index contributed by atoms with van der Waals surface area (Å²) in [6.45, 7) is 0. The van der Waals surface area contributed by atoms with Gasteiger partial charge in [0.1, 0.15) is 5.75 Å². The molecular formula is C8H8N2O3S. The summed E-state index contributed by atoms with van der Waals surface area (Å²) in [6, 6.07) is 7.41. The molecule has 0 radical (unpaired) electrons. The maximum absolute atomic E-state index is 11.1. The van der Waals surface area contributed by atoms with E-state index in [0.717, 1.165) is 0 Å². The number of nitrogens with zero attached hydrogens (tertiary/aromatic N) is 1.